The van der Waals surface area contributed by atoms with E-state index in [9.17, 15) is 4.79 Å². The Morgan fingerprint density at radius 1 is 1.13 bits per heavy atom. The van der Waals surface area contributed by atoms with E-state index in [0.29, 0.717) is 19.8 Å². The molecule has 2 N–H and O–H groups in total. The number of amides is 1. The van der Waals surface area contributed by atoms with Crippen molar-refractivity contribution in [3.8, 4) is 11.5 Å². The van der Waals surface area contributed by atoms with Gasteiger partial charge in [0.15, 0.2) is 15.8 Å². The molecule has 2 heterocycles. The lowest BCUT2D eigenvalue weighted by Gasteiger charge is -2.21. The topological polar surface area (TPSA) is 85.4 Å². The minimum Gasteiger partial charge on any atom is -0.486 e. The maximum Gasteiger partial charge on any atom is 0.230 e. The second kappa shape index (κ2) is 9.82. The van der Waals surface area contributed by atoms with Crippen LogP contribution in [0.3, 0.4) is 0 Å². The summed E-state index contributed by atoms with van der Waals surface area (Å²) in [6.07, 6.45) is 0. The third kappa shape index (κ3) is 5.43. The molecule has 3 aromatic rings. The average molecular weight is 443 g/mol. The van der Waals surface area contributed by atoms with E-state index in [-0.39, 0.29) is 17.7 Å². The van der Waals surface area contributed by atoms with Gasteiger partial charge in [0.2, 0.25) is 11.0 Å². The zero-order chi connectivity index (χ0) is 20.8. The SMILES string of the molecule is CC(NC(=O)CSc1nnc(NCc2ccccc2)s1)c1ccc2c(c1)OCCO2. The number of aromatic nitrogens is 2. The molecule has 1 atom stereocenters. The highest BCUT2D eigenvalue weighted by Crippen LogP contribution is 2.32. The maximum atomic E-state index is 12.4. The molecule has 1 unspecified atom stereocenters. The molecule has 0 saturated carbocycles. The highest BCUT2D eigenvalue weighted by atomic mass is 32.2. The van der Waals surface area contributed by atoms with Gasteiger partial charge in [0.25, 0.3) is 0 Å². The largest absolute Gasteiger partial charge is 0.486 e. The van der Waals surface area contributed by atoms with Crippen LogP contribution >= 0.6 is 23.1 Å². The summed E-state index contributed by atoms with van der Waals surface area (Å²) >= 11 is 2.82. The predicted octanol–water partition coefficient (Wildman–Crippen LogP) is 3.89. The van der Waals surface area contributed by atoms with Crippen LogP contribution in [0.1, 0.15) is 24.1 Å². The van der Waals surface area contributed by atoms with Crippen LogP contribution in [0.5, 0.6) is 11.5 Å². The van der Waals surface area contributed by atoms with Crippen molar-refractivity contribution in [1.29, 1.82) is 0 Å². The molecule has 1 aliphatic rings. The zero-order valence-electron chi connectivity index (χ0n) is 16.5. The first-order valence-electron chi connectivity index (χ1n) is 9.60. The summed E-state index contributed by atoms with van der Waals surface area (Å²) in [5.74, 6) is 1.68. The summed E-state index contributed by atoms with van der Waals surface area (Å²) in [6, 6.07) is 15.7. The van der Waals surface area contributed by atoms with Crippen molar-refractivity contribution in [3.05, 3.63) is 59.7 Å². The molecule has 1 amide bonds. The van der Waals surface area contributed by atoms with Gasteiger partial charge in [0.05, 0.1) is 11.8 Å². The van der Waals surface area contributed by atoms with Crippen molar-refractivity contribution in [2.24, 2.45) is 0 Å². The van der Waals surface area contributed by atoms with E-state index in [1.807, 2.05) is 43.3 Å². The molecule has 0 saturated heterocycles. The lowest BCUT2D eigenvalue weighted by molar-refractivity contribution is -0.119. The van der Waals surface area contributed by atoms with E-state index in [1.165, 1.54) is 28.7 Å². The summed E-state index contributed by atoms with van der Waals surface area (Å²) in [7, 11) is 0. The Morgan fingerprint density at radius 3 is 2.77 bits per heavy atom. The Morgan fingerprint density at radius 2 is 1.93 bits per heavy atom. The summed E-state index contributed by atoms with van der Waals surface area (Å²) in [5, 5.41) is 15.3. The van der Waals surface area contributed by atoms with Crippen molar-refractivity contribution in [3.63, 3.8) is 0 Å². The number of ether oxygens (including phenoxy) is 2. The number of rotatable bonds is 8. The third-order valence-corrected chi connectivity index (χ3v) is 6.48. The Kier molecular flexibility index (Phi) is 6.70. The number of hydrogen-bond donors (Lipinski definition) is 2. The standard InChI is InChI=1S/C21H22N4O3S2/c1-14(16-7-8-17-18(11-16)28-10-9-27-17)23-19(26)13-29-21-25-24-20(30-21)22-12-15-5-3-2-4-6-15/h2-8,11,14H,9-10,12-13H2,1H3,(H,22,24)(H,23,26). The van der Waals surface area contributed by atoms with Crippen molar-refractivity contribution in [1.82, 2.24) is 15.5 Å². The van der Waals surface area contributed by atoms with Gasteiger partial charge in [-0.05, 0) is 30.2 Å². The fourth-order valence-electron chi connectivity index (χ4n) is 2.94. The van der Waals surface area contributed by atoms with Crippen LogP contribution in [0.25, 0.3) is 0 Å². The van der Waals surface area contributed by atoms with Crippen LogP contribution < -0.4 is 20.1 Å². The summed E-state index contributed by atoms with van der Waals surface area (Å²) in [4.78, 5) is 12.4. The molecule has 0 aliphatic carbocycles. The minimum absolute atomic E-state index is 0.0589. The van der Waals surface area contributed by atoms with Gasteiger partial charge in [-0.1, -0.05) is 59.5 Å². The number of thioether (sulfide) groups is 1. The molecule has 4 rings (SSSR count). The Labute approximate surface area is 183 Å². The number of fused-ring (bicyclic) bond motifs is 1. The van der Waals surface area contributed by atoms with Crippen molar-refractivity contribution >= 4 is 34.1 Å². The number of nitrogens with zero attached hydrogens (tertiary/aromatic N) is 2. The second-order valence-corrected chi connectivity index (χ2v) is 8.89. The Bertz CT molecular complexity index is 997. The predicted molar refractivity (Wildman–Crippen MR) is 118 cm³/mol. The number of hydrogen-bond acceptors (Lipinski definition) is 8. The molecular formula is C21H22N4O3S2. The lowest BCUT2D eigenvalue weighted by atomic mass is 10.1. The molecule has 9 heteroatoms. The van der Waals surface area contributed by atoms with E-state index < -0.39 is 0 Å². The normalized spacial score (nSPS) is 13.5. The van der Waals surface area contributed by atoms with Gasteiger partial charge in [-0.15, -0.1) is 10.2 Å². The molecule has 0 fully saturated rings. The number of anilines is 1. The van der Waals surface area contributed by atoms with Gasteiger partial charge < -0.3 is 20.1 Å². The van der Waals surface area contributed by atoms with Gasteiger partial charge in [0.1, 0.15) is 13.2 Å². The molecule has 1 aliphatic heterocycles. The van der Waals surface area contributed by atoms with Gasteiger partial charge >= 0.3 is 0 Å². The molecule has 0 radical (unpaired) electrons. The number of carbonyl (C=O) groups excluding carboxylic acids is 1. The Balaban J connectivity index is 1.24. The van der Waals surface area contributed by atoms with Crippen molar-refractivity contribution in [2.75, 3.05) is 24.3 Å². The number of nitrogens with one attached hydrogen (secondary N) is 2. The van der Waals surface area contributed by atoms with Crippen LogP contribution in [0, 0.1) is 0 Å². The van der Waals surface area contributed by atoms with Gasteiger partial charge in [-0.3, -0.25) is 4.79 Å². The van der Waals surface area contributed by atoms with Crippen LogP contribution in [0.15, 0.2) is 52.9 Å². The van der Waals surface area contributed by atoms with Gasteiger partial charge in [-0.25, -0.2) is 0 Å². The average Bonchev–Trinajstić information content (AvgIpc) is 3.24. The first-order valence-corrected chi connectivity index (χ1v) is 11.4. The Hall–Kier alpha value is -2.78. The van der Waals surface area contributed by atoms with Crippen molar-refractivity contribution < 1.29 is 14.3 Å². The van der Waals surface area contributed by atoms with Crippen LogP contribution in [-0.2, 0) is 11.3 Å². The fourth-order valence-corrected chi connectivity index (χ4v) is 4.49. The first-order chi connectivity index (χ1) is 14.7. The zero-order valence-corrected chi connectivity index (χ0v) is 18.1. The van der Waals surface area contributed by atoms with Gasteiger partial charge in [-0.2, -0.15) is 0 Å². The van der Waals surface area contributed by atoms with Crippen LogP contribution in [0.2, 0.25) is 0 Å². The lowest BCUT2D eigenvalue weighted by Crippen LogP contribution is -2.28. The van der Waals surface area contributed by atoms with Gasteiger partial charge in [0, 0.05) is 6.54 Å². The molecule has 2 aromatic carbocycles. The van der Waals surface area contributed by atoms with E-state index in [2.05, 4.69) is 33.0 Å². The summed E-state index contributed by atoms with van der Waals surface area (Å²) in [5.41, 5.74) is 2.15. The van der Waals surface area contributed by atoms with E-state index in [1.54, 1.807) is 0 Å². The maximum absolute atomic E-state index is 12.4. The highest BCUT2D eigenvalue weighted by molar-refractivity contribution is 8.01. The number of benzene rings is 2. The molecule has 156 valence electrons. The van der Waals surface area contributed by atoms with Crippen LogP contribution in [-0.4, -0.2) is 35.1 Å². The smallest absolute Gasteiger partial charge is 0.230 e. The highest BCUT2D eigenvalue weighted by Gasteiger charge is 2.16. The fraction of sp³-hybridized carbons (Fsp3) is 0.286. The monoisotopic (exact) mass is 442 g/mol. The van der Waals surface area contributed by atoms with E-state index >= 15 is 0 Å². The minimum atomic E-state index is -0.133. The van der Waals surface area contributed by atoms with Crippen molar-refractivity contribution in [2.45, 2.75) is 23.8 Å². The molecule has 30 heavy (non-hydrogen) atoms. The molecule has 0 bridgehead atoms. The molecule has 0 spiro atoms. The third-order valence-electron chi connectivity index (χ3n) is 4.46. The van der Waals surface area contributed by atoms with E-state index in [4.69, 9.17) is 9.47 Å². The number of carbonyl (C=O) groups is 1. The quantitative estimate of drug-likeness (QED) is 0.512. The first kappa shape index (κ1) is 20.5. The molecule has 1 aromatic heterocycles. The summed E-state index contributed by atoms with van der Waals surface area (Å²) in [6.45, 7) is 3.74. The van der Waals surface area contributed by atoms with E-state index in [0.717, 1.165) is 26.5 Å². The molecular weight excluding hydrogens is 420 g/mol. The van der Waals surface area contributed by atoms with Crippen LogP contribution in [0.4, 0.5) is 5.13 Å². The summed E-state index contributed by atoms with van der Waals surface area (Å²) < 4.78 is 11.9. The molecule has 7 nitrogen and oxygen atoms in total. The second-order valence-electron chi connectivity index (χ2n) is 6.69.